The van der Waals surface area contributed by atoms with Crippen LogP contribution in [0.15, 0.2) is 17.0 Å². The maximum absolute atomic E-state index is 12.1. The third kappa shape index (κ3) is 4.48. The highest BCUT2D eigenvalue weighted by Gasteiger charge is 2.25. The molecule has 0 aromatic heterocycles. The number of alkyl halides is 2. The molecule has 0 radical (unpaired) electrons. The van der Waals surface area contributed by atoms with Crippen molar-refractivity contribution in [3.05, 3.63) is 27.7 Å². The summed E-state index contributed by atoms with van der Waals surface area (Å²) in [4.78, 5) is 10.2. The van der Waals surface area contributed by atoms with Gasteiger partial charge in [0.25, 0.3) is 6.43 Å². The third-order valence-electron chi connectivity index (χ3n) is 2.31. The van der Waals surface area contributed by atoms with E-state index in [2.05, 4.69) is 0 Å². The van der Waals surface area contributed by atoms with Crippen molar-refractivity contribution in [3.63, 3.8) is 0 Å². The summed E-state index contributed by atoms with van der Waals surface area (Å²) in [7, 11) is -4.39. The van der Waals surface area contributed by atoms with Crippen LogP contribution in [0.1, 0.15) is 10.4 Å². The maximum atomic E-state index is 12.1. The summed E-state index contributed by atoms with van der Waals surface area (Å²) in [5, 5.41) is 17.1. The Morgan fingerprint density at radius 2 is 1.86 bits per heavy atom. The van der Waals surface area contributed by atoms with Crippen molar-refractivity contribution in [2.75, 3.05) is 6.54 Å². The fraction of sp³-hybridized carbons (Fsp3) is 0.300. The van der Waals surface area contributed by atoms with Crippen molar-refractivity contribution in [2.24, 2.45) is 0 Å². The Labute approximate surface area is 128 Å². The maximum Gasteiger partial charge on any atom is 0.337 e. The summed E-state index contributed by atoms with van der Waals surface area (Å²) in [5.41, 5.74) is -0.518. The van der Waals surface area contributed by atoms with Crippen LogP contribution in [0.4, 0.5) is 8.78 Å². The number of benzene rings is 1. The van der Waals surface area contributed by atoms with Crippen molar-refractivity contribution in [3.8, 4) is 0 Å². The summed E-state index contributed by atoms with van der Waals surface area (Å²) in [6, 6.07) is 1.61. The minimum atomic E-state index is -4.39. The van der Waals surface area contributed by atoms with E-state index >= 15 is 0 Å². The average Bonchev–Trinajstić information content (AvgIpc) is 2.34. The van der Waals surface area contributed by atoms with Crippen molar-refractivity contribution >= 4 is 39.2 Å². The third-order valence-corrected chi connectivity index (χ3v) is 4.52. The number of carboxylic acids is 1. The Kier molecular flexibility index (Phi) is 5.88. The SMILES string of the molecule is O=C(O)c1cc(S(=O)(=O)NCC(O)C(F)F)c(Cl)cc1Cl. The van der Waals surface area contributed by atoms with Crippen LogP contribution in [-0.2, 0) is 10.0 Å². The summed E-state index contributed by atoms with van der Waals surface area (Å²) in [6.45, 7) is -0.957. The number of rotatable bonds is 6. The summed E-state index contributed by atoms with van der Waals surface area (Å²) >= 11 is 11.3. The fourth-order valence-electron chi connectivity index (χ4n) is 1.26. The summed E-state index contributed by atoms with van der Waals surface area (Å²) < 4.78 is 49.7. The number of hydrogen-bond donors (Lipinski definition) is 3. The molecule has 0 aliphatic carbocycles. The molecule has 0 bridgehead atoms. The molecule has 0 spiro atoms. The minimum absolute atomic E-state index is 0.279. The normalized spacial score (nSPS) is 13.4. The molecule has 21 heavy (non-hydrogen) atoms. The van der Waals surface area contributed by atoms with E-state index in [1.807, 2.05) is 0 Å². The standard InChI is InChI=1S/C10H9Cl2F2NO5S/c11-5-2-6(12)8(1-4(5)10(17)18)21(19,20)15-3-7(16)9(13)14/h1-2,7,9,15-16H,3H2,(H,17,18). The molecule has 3 N–H and O–H groups in total. The van der Waals surface area contributed by atoms with Crippen LogP contribution in [-0.4, -0.2) is 43.7 Å². The molecule has 118 valence electrons. The lowest BCUT2D eigenvalue weighted by Gasteiger charge is -2.13. The first-order valence-electron chi connectivity index (χ1n) is 5.24. The Bertz CT molecular complexity index is 653. The fourth-order valence-corrected chi connectivity index (χ4v) is 3.16. The quantitative estimate of drug-likeness (QED) is 0.711. The molecule has 1 rings (SSSR count). The molecule has 0 fully saturated rings. The highest BCUT2D eigenvalue weighted by atomic mass is 35.5. The van der Waals surface area contributed by atoms with Crippen LogP contribution in [0.5, 0.6) is 0 Å². The second-order valence-electron chi connectivity index (χ2n) is 3.82. The van der Waals surface area contributed by atoms with Crippen LogP contribution in [0.25, 0.3) is 0 Å². The molecule has 0 aliphatic rings. The topological polar surface area (TPSA) is 104 Å². The number of sulfonamides is 1. The number of aromatic carboxylic acids is 1. The van der Waals surface area contributed by atoms with E-state index < -0.39 is 45.5 Å². The van der Waals surface area contributed by atoms with Gasteiger partial charge in [-0.3, -0.25) is 0 Å². The van der Waals surface area contributed by atoms with Crippen LogP contribution in [0.2, 0.25) is 10.0 Å². The molecule has 1 aromatic carbocycles. The monoisotopic (exact) mass is 363 g/mol. The molecular weight excluding hydrogens is 355 g/mol. The van der Waals surface area contributed by atoms with E-state index in [1.165, 1.54) is 0 Å². The minimum Gasteiger partial charge on any atom is -0.478 e. The van der Waals surface area contributed by atoms with Gasteiger partial charge in [0.1, 0.15) is 11.0 Å². The molecule has 0 saturated heterocycles. The highest BCUT2D eigenvalue weighted by Crippen LogP contribution is 2.28. The van der Waals surface area contributed by atoms with Crippen LogP contribution in [0.3, 0.4) is 0 Å². The highest BCUT2D eigenvalue weighted by molar-refractivity contribution is 7.89. The van der Waals surface area contributed by atoms with Crippen molar-refractivity contribution in [1.29, 1.82) is 0 Å². The first kappa shape index (κ1) is 18.1. The lowest BCUT2D eigenvalue weighted by molar-refractivity contribution is -0.000451. The van der Waals surface area contributed by atoms with Gasteiger partial charge in [-0.1, -0.05) is 23.2 Å². The largest absolute Gasteiger partial charge is 0.478 e. The van der Waals surface area contributed by atoms with Gasteiger partial charge in [0.15, 0.2) is 0 Å². The Balaban J connectivity index is 3.14. The van der Waals surface area contributed by atoms with Gasteiger partial charge in [-0.15, -0.1) is 0 Å². The molecule has 6 nitrogen and oxygen atoms in total. The number of nitrogens with one attached hydrogen (secondary N) is 1. The lowest BCUT2D eigenvalue weighted by atomic mass is 10.2. The number of hydrogen-bond acceptors (Lipinski definition) is 4. The number of aliphatic hydroxyl groups is 1. The first-order valence-corrected chi connectivity index (χ1v) is 7.48. The van der Waals surface area contributed by atoms with E-state index in [0.717, 1.165) is 6.07 Å². The smallest absolute Gasteiger partial charge is 0.337 e. The van der Waals surface area contributed by atoms with E-state index in [9.17, 15) is 22.0 Å². The second kappa shape index (κ2) is 6.84. The van der Waals surface area contributed by atoms with Gasteiger partial charge in [0.2, 0.25) is 10.0 Å². The van der Waals surface area contributed by atoms with Crippen molar-refractivity contribution in [2.45, 2.75) is 17.4 Å². The molecular formula is C10H9Cl2F2NO5S. The Hall–Kier alpha value is -1.00. The zero-order chi connectivity index (χ0) is 16.4. The number of carboxylic acid groups (broad SMARTS) is 1. The van der Waals surface area contributed by atoms with Crippen LogP contribution < -0.4 is 4.72 Å². The molecule has 0 heterocycles. The van der Waals surface area contributed by atoms with Gasteiger partial charge in [-0.05, 0) is 12.1 Å². The van der Waals surface area contributed by atoms with E-state index in [0.29, 0.717) is 6.07 Å². The molecule has 0 aliphatic heterocycles. The number of aliphatic hydroxyl groups excluding tert-OH is 1. The van der Waals surface area contributed by atoms with Gasteiger partial charge in [-0.2, -0.15) is 0 Å². The summed E-state index contributed by atoms with van der Waals surface area (Å²) in [6.07, 6.45) is -5.34. The van der Waals surface area contributed by atoms with Crippen LogP contribution >= 0.6 is 23.2 Å². The van der Waals surface area contributed by atoms with Gasteiger partial charge >= 0.3 is 5.97 Å². The molecule has 1 unspecified atom stereocenters. The predicted octanol–water partition coefficient (Wildman–Crippen LogP) is 1.60. The summed E-state index contributed by atoms with van der Waals surface area (Å²) in [5.74, 6) is -1.49. The predicted molar refractivity (Wildman–Crippen MR) is 70.6 cm³/mol. The van der Waals surface area contributed by atoms with E-state index in [-0.39, 0.29) is 10.0 Å². The van der Waals surface area contributed by atoms with Gasteiger partial charge in [0, 0.05) is 6.54 Å². The zero-order valence-electron chi connectivity index (χ0n) is 10.1. The first-order chi connectivity index (χ1) is 9.56. The Morgan fingerprint density at radius 3 is 2.33 bits per heavy atom. The number of halogens is 4. The van der Waals surface area contributed by atoms with Crippen LogP contribution in [0, 0.1) is 0 Å². The van der Waals surface area contributed by atoms with Gasteiger partial charge in [0.05, 0.1) is 15.6 Å². The molecule has 0 amide bonds. The van der Waals surface area contributed by atoms with Crippen molar-refractivity contribution < 1.29 is 32.2 Å². The molecule has 1 atom stereocenters. The lowest BCUT2D eigenvalue weighted by Crippen LogP contribution is -2.36. The number of carbonyl (C=O) groups is 1. The Morgan fingerprint density at radius 1 is 1.29 bits per heavy atom. The molecule has 1 aromatic rings. The van der Waals surface area contributed by atoms with E-state index in [4.69, 9.17) is 33.4 Å². The molecule has 11 heteroatoms. The van der Waals surface area contributed by atoms with E-state index in [1.54, 1.807) is 4.72 Å². The molecule has 0 saturated carbocycles. The van der Waals surface area contributed by atoms with Crippen molar-refractivity contribution in [1.82, 2.24) is 4.72 Å². The van der Waals surface area contributed by atoms with Gasteiger partial charge in [-0.25, -0.2) is 26.7 Å². The average molecular weight is 364 g/mol. The zero-order valence-corrected chi connectivity index (χ0v) is 12.4. The van der Waals surface area contributed by atoms with Gasteiger partial charge < -0.3 is 10.2 Å². The second-order valence-corrected chi connectivity index (χ2v) is 6.37.